The molecule has 1 fully saturated rings. The number of nitrogens with one attached hydrogen (secondary N) is 1. The SMILES string of the molecule is CCNc1nc(OCC)nc(N2CCSC(C)C2)n1. The van der Waals surface area contributed by atoms with Crippen molar-refractivity contribution >= 4 is 23.7 Å². The van der Waals surface area contributed by atoms with Crippen LogP contribution in [0, 0.1) is 0 Å². The number of thioether (sulfide) groups is 1. The topological polar surface area (TPSA) is 63.2 Å². The Hall–Kier alpha value is -1.24. The lowest BCUT2D eigenvalue weighted by atomic mass is 10.4. The molecular formula is C12H21N5OS. The lowest BCUT2D eigenvalue weighted by Crippen LogP contribution is -2.38. The van der Waals surface area contributed by atoms with E-state index in [2.05, 4.69) is 32.1 Å². The minimum Gasteiger partial charge on any atom is -0.464 e. The first-order chi connectivity index (χ1) is 9.22. The maximum atomic E-state index is 5.42. The fourth-order valence-electron chi connectivity index (χ4n) is 1.92. The first-order valence-corrected chi connectivity index (χ1v) is 7.77. The van der Waals surface area contributed by atoms with Gasteiger partial charge in [0, 0.05) is 30.6 Å². The first kappa shape index (κ1) is 14.2. The molecule has 1 atom stereocenters. The number of rotatable bonds is 5. The highest BCUT2D eigenvalue weighted by Crippen LogP contribution is 2.23. The van der Waals surface area contributed by atoms with Crippen molar-refractivity contribution in [2.45, 2.75) is 26.0 Å². The van der Waals surface area contributed by atoms with Crippen molar-refractivity contribution in [1.82, 2.24) is 15.0 Å². The molecule has 0 saturated carbocycles. The third-order valence-corrected chi connectivity index (χ3v) is 3.87. The third kappa shape index (κ3) is 3.86. The molecule has 1 aliphatic heterocycles. The molecule has 1 aromatic heterocycles. The van der Waals surface area contributed by atoms with Gasteiger partial charge in [0.25, 0.3) is 0 Å². The highest BCUT2D eigenvalue weighted by molar-refractivity contribution is 8.00. The van der Waals surface area contributed by atoms with Crippen LogP contribution < -0.4 is 15.0 Å². The lowest BCUT2D eigenvalue weighted by Gasteiger charge is -2.30. The fourth-order valence-corrected chi connectivity index (χ4v) is 2.93. The Morgan fingerprint density at radius 1 is 1.37 bits per heavy atom. The molecule has 2 rings (SSSR count). The predicted molar refractivity (Wildman–Crippen MR) is 79.3 cm³/mol. The molecule has 1 unspecified atom stereocenters. The van der Waals surface area contributed by atoms with Gasteiger partial charge < -0.3 is 15.0 Å². The molecule has 7 heteroatoms. The number of hydrogen-bond donors (Lipinski definition) is 1. The summed E-state index contributed by atoms with van der Waals surface area (Å²) >= 11 is 1.99. The van der Waals surface area contributed by atoms with Gasteiger partial charge in [-0.2, -0.15) is 26.7 Å². The van der Waals surface area contributed by atoms with Gasteiger partial charge in [-0.25, -0.2) is 0 Å². The zero-order valence-electron chi connectivity index (χ0n) is 11.7. The second-order valence-corrected chi connectivity index (χ2v) is 5.88. The summed E-state index contributed by atoms with van der Waals surface area (Å²) in [6, 6.07) is 0.398. The van der Waals surface area contributed by atoms with Crippen molar-refractivity contribution in [3.8, 4) is 6.01 Å². The minimum absolute atomic E-state index is 0.398. The lowest BCUT2D eigenvalue weighted by molar-refractivity contribution is 0.312. The third-order valence-electron chi connectivity index (χ3n) is 2.74. The normalized spacial score (nSPS) is 19.3. The molecule has 19 heavy (non-hydrogen) atoms. The van der Waals surface area contributed by atoms with Gasteiger partial charge in [0.05, 0.1) is 6.61 Å². The van der Waals surface area contributed by atoms with Crippen LogP contribution in [0.5, 0.6) is 6.01 Å². The molecule has 0 spiro atoms. The Bertz CT molecular complexity index is 393. The summed E-state index contributed by atoms with van der Waals surface area (Å²) in [6.07, 6.45) is 0. The Morgan fingerprint density at radius 3 is 2.89 bits per heavy atom. The van der Waals surface area contributed by atoms with E-state index in [4.69, 9.17) is 4.74 Å². The number of ether oxygens (including phenoxy) is 1. The molecule has 1 aliphatic rings. The summed E-state index contributed by atoms with van der Waals surface area (Å²) in [5.74, 6) is 2.40. The van der Waals surface area contributed by atoms with Gasteiger partial charge in [0.1, 0.15) is 0 Å². The predicted octanol–water partition coefficient (Wildman–Crippen LogP) is 1.64. The molecular weight excluding hydrogens is 262 g/mol. The van der Waals surface area contributed by atoms with Crippen LogP contribution in [0.3, 0.4) is 0 Å². The highest BCUT2D eigenvalue weighted by Gasteiger charge is 2.20. The molecule has 106 valence electrons. The van der Waals surface area contributed by atoms with E-state index in [1.54, 1.807) is 0 Å². The summed E-state index contributed by atoms with van der Waals surface area (Å²) in [6.45, 7) is 9.44. The molecule has 0 bridgehead atoms. The molecule has 1 aromatic rings. The molecule has 1 saturated heterocycles. The van der Waals surface area contributed by atoms with Crippen molar-refractivity contribution < 1.29 is 4.74 Å². The van der Waals surface area contributed by atoms with Crippen LogP contribution in [0.1, 0.15) is 20.8 Å². The zero-order chi connectivity index (χ0) is 13.7. The first-order valence-electron chi connectivity index (χ1n) is 6.72. The van der Waals surface area contributed by atoms with E-state index < -0.39 is 0 Å². The molecule has 0 radical (unpaired) electrons. The summed E-state index contributed by atoms with van der Waals surface area (Å²) in [5, 5.41) is 3.72. The van der Waals surface area contributed by atoms with Crippen LogP contribution >= 0.6 is 11.8 Å². The standard InChI is InChI=1S/C12H21N5OS/c1-4-13-10-14-11(16-12(15-10)18-5-2)17-6-7-19-9(3)8-17/h9H,4-8H2,1-3H3,(H,13,14,15,16). The fraction of sp³-hybridized carbons (Fsp3) is 0.750. The van der Waals surface area contributed by atoms with Gasteiger partial charge in [-0.3, -0.25) is 0 Å². The van der Waals surface area contributed by atoms with Crippen LogP contribution in [0.4, 0.5) is 11.9 Å². The molecule has 0 aromatic carbocycles. The Morgan fingerprint density at radius 2 is 2.21 bits per heavy atom. The summed E-state index contributed by atoms with van der Waals surface area (Å²) < 4.78 is 5.42. The van der Waals surface area contributed by atoms with Crippen molar-refractivity contribution in [1.29, 1.82) is 0 Å². The molecule has 0 amide bonds. The highest BCUT2D eigenvalue weighted by atomic mass is 32.2. The Balaban J connectivity index is 2.21. The van der Waals surface area contributed by atoms with Crippen LogP contribution in [-0.2, 0) is 0 Å². The second-order valence-electron chi connectivity index (χ2n) is 4.33. The van der Waals surface area contributed by atoms with E-state index >= 15 is 0 Å². The molecule has 6 nitrogen and oxygen atoms in total. The Kier molecular flexibility index (Phi) is 5.07. The van der Waals surface area contributed by atoms with E-state index in [1.165, 1.54) is 0 Å². The average molecular weight is 283 g/mol. The van der Waals surface area contributed by atoms with Crippen LogP contribution in [0.25, 0.3) is 0 Å². The maximum Gasteiger partial charge on any atom is 0.323 e. The van der Waals surface area contributed by atoms with Gasteiger partial charge in [-0.05, 0) is 13.8 Å². The second kappa shape index (κ2) is 6.79. The molecule has 1 N–H and O–H groups in total. The monoisotopic (exact) mass is 283 g/mol. The van der Waals surface area contributed by atoms with Crippen LogP contribution in [0.2, 0.25) is 0 Å². The summed E-state index contributed by atoms with van der Waals surface area (Å²) in [5.41, 5.74) is 0. The van der Waals surface area contributed by atoms with Gasteiger partial charge in [0.2, 0.25) is 11.9 Å². The number of hydrogen-bond acceptors (Lipinski definition) is 7. The van der Waals surface area contributed by atoms with Gasteiger partial charge in [0.15, 0.2) is 0 Å². The zero-order valence-corrected chi connectivity index (χ0v) is 12.5. The smallest absolute Gasteiger partial charge is 0.323 e. The number of aromatic nitrogens is 3. The molecule has 0 aliphatic carbocycles. The quantitative estimate of drug-likeness (QED) is 0.881. The summed E-state index contributed by atoms with van der Waals surface area (Å²) in [7, 11) is 0. The number of nitrogens with zero attached hydrogens (tertiary/aromatic N) is 4. The van der Waals surface area contributed by atoms with E-state index in [-0.39, 0.29) is 0 Å². The van der Waals surface area contributed by atoms with Crippen LogP contribution in [-0.4, -0.2) is 52.2 Å². The van der Waals surface area contributed by atoms with E-state index in [0.29, 0.717) is 29.8 Å². The largest absolute Gasteiger partial charge is 0.464 e. The number of anilines is 2. The average Bonchev–Trinajstić information content (AvgIpc) is 2.39. The van der Waals surface area contributed by atoms with Crippen molar-refractivity contribution in [3.05, 3.63) is 0 Å². The van der Waals surface area contributed by atoms with Gasteiger partial charge >= 0.3 is 6.01 Å². The summed E-state index contributed by atoms with van der Waals surface area (Å²) in [4.78, 5) is 15.3. The van der Waals surface area contributed by atoms with Crippen molar-refractivity contribution in [3.63, 3.8) is 0 Å². The molecule has 2 heterocycles. The van der Waals surface area contributed by atoms with Crippen molar-refractivity contribution in [2.24, 2.45) is 0 Å². The van der Waals surface area contributed by atoms with Gasteiger partial charge in [-0.15, -0.1) is 0 Å². The minimum atomic E-state index is 0.398. The van der Waals surface area contributed by atoms with Crippen LogP contribution in [0.15, 0.2) is 0 Å². The maximum absolute atomic E-state index is 5.42. The van der Waals surface area contributed by atoms with Crippen molar-refractivity contribution in [2.75, 3.05) is 42.2 Å². The Labute approximate surface area is 118 Å². The van der Waals surface area contributed by atoms with Gasteiger partial charge in [-0.1, -0.05) is 6.92 Å². The van der Waals surface area contributed by atoms with E-state index in [1.807, 2.05) is 25.6 Å². The van der Waals surface area contributed by atoms with E-state index in [9.17, 15) is 0 Å². The van der Waals surface area contributed by atoms with E-state index in [0.717, 1.165) is 25.4 Å².